The highest BCUT2D eigenvalue weighted by Crippen LogP contribution is 2.40. The van der Waals surface area contributed by atoms with Crippen LogP contribution in [0, 0.1) is 0 Å². The number of fused-ring (bicyclic) bond motifs is 1. The predicted octanol–water partition coefficient (Wildman–Crippen LogP) is 3.10. The zero-order valence-electron chi connectivity index (χ0n) is 12.0. The molecule has 0 fully saturated rings. The molecule has 3 rings (SSSR count). The summed E-state index contributed by atoms with van der Waals surface area (Å²) in [4.78, 5) is 14.3. The molecule has 1 amide bonds. The number of amides is 1. The number of phenols is 1. The maximum Gasteiger partial charge on any atom is 0.271 e. The summed E-state index contributed by atoms with van der Waals surface area (Å²) in [5.41, 5.74) is 0.708. The van der Waals surface area contributed by atoms with Crippen molar-refractivity contribution < 1.29 is 14.6 Å². The van der Waals surface area contributed by atoms with Crippen LogP contribution < -0.4 is 9.64 Å². The van der Waals surface area contributed by atoms with Gasteiger partial charge in [-0.3, -0.25) is 4.79 Å². The number of nitrogens with zero attached hydrogens (tertiary/aromatic N) is 1. The topological polar surface area (TPSA) is 49.8 Å². The smallest absolute Gasteiger partial charge is 0.271 e. The highest BCUT2D eigenvalue weighted by molar-refractivity contribution is 6.02. The number of ether oxygens (including phenoxy) is 1. The van der Waals surface area contributed by atoms with E-state index in [0.29, 0.717) is 18.0 Å². The molecule has 0 spiro atoms. The Morgan fingerprint density at radius 3 is 2.57 bits per heavy atom. The summed E-state index contributed by atoms with van der Waals surface area (Å²) < 4.78 is 5.75. The van der Waals surface area contributed by atoms with Crippen LogP contribution in [0.1, 0.15) is 19.4 Å². The number of benzene rings is 2. The van der Waals surface area contributed by atoms with Crippen molar-refractivity contribution in [2.75, 3.05) is 4.90 Å². The first kappa shape index (κ1) is 13.5. The van der Waals surface area contributed by atoms with Crippen molar-refractivity contribution in [3.8, 4) is 11.5 Å². The Morgan fingerprint density at radius 2 is 1.86 bits per heavy atom. The van der Waals surface area contributed by atoms with E-state index in [1.165, 1.54) is 0 Å². The van der Waals surface area contributed by atoms with E-state index >= 15 is 0 Å². The largest absolute Gasteiger partial charge is 0.508 e. The number of carbonyl (C=O) groups excluding carboxylic acids is 1. The number of rotatable bonds is 2. The van der Waals surface area contributed by atoms with E-state index in [0.717, 1.165) is 5.56 Å². The Labute approximate surface area is 123 Å². The van der Waals surface area contributed by atoms with Gasteiger partial charge in [-0.1, -0.05) is 30.3 Å². The minimum Gasteiger partial charge on any atom is -0.508 e. The fourth-order valence-corrected chi connectivity index (χ4v) is 2.48. The SMILES string of the molecule is CC1(C)Oc2ccc(O)cc2N(Cc2ccccc2)C1=O. The number of phenolic OH excluding ortho intramolecular Hbond substituents is 1. The van der Waals surface area contributed by atoms with E-state index in [2.05, 4.69) is 0 Å². The lowest BCUT2D eigenvalue weighted by atomic mass is 10.0. The summed E-state index contributed by atoms with van der Waals surface area (Å²) in [6, 6.07) is 14.6. The Hall–Kier alpha value is -2.49. The van der Waals surface area contributed by atoms with E-state index in [-0.39, 0.29) is 11.7 Å². The third-order valence-electron chi connectivity index (χ3n) is 3.54. The van der Waals surface area contributed by atoms with Crippen LogP contribution in [-0.2, 0) is 11.3 Å². The molecule has 0 aliphatic carbocycles. The van der Waals surface area contributed by atoms with E-state index in [4.69, 9.17) is 4.74 Å². The molecular weight excluding hydrogens is 266 g/mol. The molecule has 0 saturated carbocycles. The van der Waals surface area contributed by atoms with Crippen molar-refractivity contribution in [2.24, 2.45) is 0 Å². The molecule has 4 nitrogen and oxygen atoms in total. The first-order chi connectivity index (χ1) is 9.97. The maximum atomic E-state index is 12.6. The molecule has 0 saturated heterocycles. The average molecular weight is 283 g/mol. The van der Waals surface area contributed by atoms with E-state index in [9.17, 15) is 9.90 Å². The summed E-state index contributed by atoms with van der Waals surface area (Å²) in [6.07, 6.45) is 0. The number of hydrogen-bond acceptors (Lipinski definition) is 3. The number of aromatic hydroxyl groups is 1. The monoisotopic (exact) mass is 283 g/mol. The second-order valence-corrected chi connectivity index (χ2v) is 5.64. The lowest BCUT2D eigenvalue weighted by molar-refractivity contribution is -0.132. The Morgan fingerprint density at radius 1 is 1.14 bits per heavy atom. The van der Waals surface area contributed by atoms with Crippen LogP contribution in [0.5, 0.6) is 11.5 Å². The van der Waals surface area contributed by atoms with Crippen LogP contribution in [0.3, 0.4) is 0 Å². The maximum absolute atomic E-state index is 12.6. The molecule has 21 heavy (non-hydrogen) atoms. The van der Waals surface area contributed by atoms with Crippen LogP contribution in [0.25, 0.3) is 0 Å². The van der Waals surface area contributed by atoms with E-state index in [1.807, 2.05) is 30.3 Å². The van der Waals surface area contributed by atoms with Crippen LogP contribution in [0.2, 0.25) is 0 Å². The van der Waals surface area contributed by atoms with Gasteiger partial charge in [0.1, 0.15) is 11.5 Å². The Kier molecular flexibility index (Phi) is 3.09. The molecule has 1 N–H and O–H groups in total. The quantitative estimate of drug-likeness (QED) is 0.921. The molecule has 0 atom stereocenters. The normalized spacial score (nSPS) is 16.3. The minimum atomic E-state index is -0.918. The van der Waals surface area contributed by atoms with E-state index < -0.39 is 5.60 Å². The summed E-state index contributed by atoms with van der Waals surface area (Å²) in [5, 5.41) is 9.69. The number of carbonyl (C=O) groups is 1. The second-order valence-electron chi connectivity index (χ2n) is 5.64. The van der Waals surface area contributed by atoms with Crippen LogP contribution >= 0.6 is 0 Å². The fourth-order valence-electron chi connectivity index (χ4n) is 2.48. The molecule has 108 valence electrons. The zero-order valence-corrected chi connectivity index (χ0v) is 12.0. The first-order valence-corrected chi connectivity index (χ1v) is 6.85. The molecule has 0 radical (unpaired) electrons. The fraction of sp³-hybridized carbons (Fsp3) is 0.235. The summed E-state index contributed by atoms with van der Waals surface area (Å²) in [5.74, 6) is 0.598. The lowest BCUT2D eigenvalue weighted by Crippen LogP contribution is -2.52. The second kappa shape index (κ2) is 4.81. The molecule has 1 aliphatic rings. The third kappa shape index (κ3) is 2.44. The highest BCUT2D eigenvalue weighted by Gasteiger charge is 2.40. The van der Waals surface area contributed by atoms with Crippen molar-refractivity contribution in [3.63, 3.8) is 0 Å². The van der Waals surface area contributed by atoms with Gasteiger partial charge in [-0.25, -0.2) is 0 Å². The molecule has 2 aromatic carbocycles. The lowest BCUT2D eigenvalue weighted by Gasteiger charge is -2.38. The standard InChI is InChI=1S/C17H17NO3/c1-17(2)16(20)18(11-12-6-4-3-5-7-12)14-10-13(19)8-9-15(14)21-17/h3-10,19H,11H2,1-2H3. The molecular formula is C17H17NO3. The van der Waals surface area contributed by atoms with Crippen molar-refractivity contribution in [1.82, 2.24) is 0 Å². The molecule has 4 heteroatoms. The van der Waals surface area contributed by atoms with Crippen molar-refractivity contribution >= 4 is 11.6 Å². The van der Waals surface area contributed by atoms with E-state index in [1.54, 1.807) is 36.9 Å². The zero-order chi connectivity index (χ0) is 15.0. The van der Waals surface area contributed by atoms with Crippen LogP contribution in [-0.4, -0.2) is 16.6 Å². The Bertz CT molecular complexity index is 680. The van der Waals surface area contributed by atoms with Gasteiger partial charge in [-0.05, 0) is 31.5 Å². The van der Waals surface area contributed by atoms with Crippen molar-refractivity contribution in [2.45, 2.75) is 26.0 Å². The van der Waals surface area contributed by atoms with Crippen LogP contribution in [0.15, 0.2) is 48.5 Å². The van der Waals surface area contributed by atoms with Crippen molar-refractivity contribution in [3.05, 3.63) is 54.1 Å². The third-order valence-corrected chi connectivity index (χ3v) is 3.54. The molecule has 0 bridgehead atoms. The van der Waals surface area contributed by atoms with Crippen LogP contribution in [0.4, 0.5) is 5.69 Å². The first-order valence-electron chi connectivity index (χ1n) is 6.85. The van der Waals surface area contributed by atoms with Crippen molar-refractivity contribution in [1.29, 1.82) is 0 Å². The minimum absolute atomic E-state index is 0.114. The van der Waals surface area contributed by atoms with Gasteiger partial charge in [0.25, 0.3) is 5.91 Å². The predicted molar refractivity (Wildman–Crippen MR) is 80.4 cm³/mol. The molecule has 0 aromatic heterocycles. The van der Waals surface area contributed by atoms with Gasteiger partial charge < -0.3 is 14.7 Å². The summed E-state index contributed by atoms with van der Waals surface area (Å²) in [6.45, 7) is 3.95. The summed E-state index contributed by atoms with van der Waals surface area (Å²) >= 11 is 0. The highest BCUT2D eigenvalue weighted by atomic mass is 16.5. The average Bonchev–Trinajstić information content (AvgIpc) is 2.46. The Balaban J connectivity index is 2.05. The molecule has 1 heterocycles. The molecule has 2 aromatic rings. The van der Waals surface area contributed by atoms with Gasteiger partial charge in [0.2, 0.25) is 0 Å². The summed E-state index contributed by atoms with van der Waals surface area (Å²) in [7, 11) is 0. The number of anilines is 1. The van der Waals surface area contributed by atoms with Gasteiger partial charge in [-0.15, -0.1) is 0 Å². The molecule has 1 aliphatic heterocycles. The van der Waals surface area contributed by atoms with Gasteiger partial charge in [0, 0.05) is 6.07 Å². The van der Waals surface area contributed by atoms with Gasteiger partial charge in [-0.2, -0.15) is 0 Å². The van der Waals surface area contributed by atoms with Gasteiger partial charge in [0.05, 0.1) is 12.2 Å². The van der Waals surface area contributed by atoms with Gasteiger partial charge in [0.15, 0.2) is 5.60 Å². The van der Waals surface area contributed by atoms with Gasteiger partial charge >= 0.3 is 0 Å². The molecule has 0 unspecified atom stereocenters. The number of hydrogen-bond donors (Lipinski definition) is 1.